The molecule has 1 unspecified atom stereocenters. The highest BCUT2D eigenvalue weighted by molar-refractivity contribution is 5.35. The quantitative estimate of drug-likeness (QED) is 0.906. The Morgan fingerprint density at radius 1 is 1.35 bits per heavy atom. The number of hydrogen-bond acceptors (Lipinski definition) is 3. The summed E-state index contributed by atoms with van der Waals surface area (Å²) in [6.45, 7) is 3.75. The monoisotopic (exact) mass is 274 g/mol. The van der Waals surface area contributed by atoms with E-state index in [2.05, 4.69) is 4.98 Å². The predicted molar refractivity (Wildman–Crippen MR) is 77.4 cm³/mol. The molecule has 3 nitrogen and oxygen atoms in total. The topological polar surface area (TPSA) is 48.1 Å². The highest BCUT2D eigenvalue weighted by Gasteiger charge is 2.10. The van der Waals surface area contributed by atoms with Crippen LogP contribution in [0.15, 0.2) is 36.5 Å². The van der Waals surface area contributed by atoms with E-state index in [9.17, 15) is 4.39 Å². The number of pyridine rings is 1. The zero-order valence-corrected chi connectivity index (χ0v) is 11.8. The molecule has 0 aliphatic carbocycles. The van der Waals surface area contributed by atoms with Crippen LogP contribution in [-0.4, -0.2) is 11.0 Å². The molecule has 20 heavy (non-hydrogen) atoms. The molecule has 1 aromatic carbocycles. The van der Waals surface area contributed by atoms with E-state index in [0.717, 1.165) is 12.0 Å². The van der Waals surface area contributed by atoms with E-state index in [1.807, 2.05) is 19.1 Å². The lowest BCUT2D eigenvalue weighted by Crippen LogP contribution is -2.21. The van der Waals surface area contributed by atoms with Gasteiger partial charge in [-0.2, -0.15) is 0 Å². The van der Waals surface area contributed by atoms with E-state index in [4.69, 9.17) is 10.5 Å². The summed E-state index contributed by atoms with van der Waals surface area (Å²) in [6, 6.07) is 8.55. The van der Waals surface area contributed by atoms with Crippen molar-refractivity contribution >= 4 is 0 Å². The van der Waals surface area contributed by atoms with Gasteiger partial charge in [0, 0.05) is 17.8 Å². The Kier molecular flexibility index (Phi) is 4.69. The molecule has 0 radical (unpaired) electrons. The normalized spacial score (nSPS) is 12.2. The van der Waals surface area contributed by atoms with Gasteiger partial charge in [-0.05, 0) is 49.6 Å². The molecule has 0 amide bonds. The van der Waals surface area contributed by atoms with Gasteiger partial charge >= 0.3 is 0 Å². The summed E-state index contributed by atoms with van der Waals surface area (Å²) in [5, 5.41) is 0. The predicted octanol–water partition coefficient (Wildman–Crippen LogP) is 3.60. The van der Waals surface area contributed by atoms with Crippen molar-refractivity contribution in [2.45, 2.75) is 32.7 Å². The molecule has 4 heteroatoms. The lowest BCUT2D eigenvalue weighted by Gasteiger charge is -2.13. The average molecular weight is 274 g/mol. The van der Waals surface area contributed by atoms with Gasteiger partial charge in [0.15, 0.2) is 0 Å². The first-order chi connectivity index (χ1) is 9.60. The van der Waals surface area contributed by atoms with Crippen molar-refractivity contribution in [3.05, 3.63) is 53.5 Å². The molecule has 0 aliphatic heterocycles. The minimum absolute atomic E-state index is 0.0801. The molecule has 2 rings (SSSR count). The van der Waals surface area contributed by atoms with Crippen LogP contribution < -0.4 is 10.5 Å². The van der Waals surface area contributed by atoms with Crippen LogP contribution in [0.3, 0.4) is 0 Å². The van der Waals surface area contributed by atoms with E-state index in [1.165, 1.54) is 6.07 Å². The second kappa shape index (κ2) is 6.48. The molecule has 0 saturated carbocycles. The van der Waals surface area contributed by atoms with Crippen LogP contribution in [0.1, 0.15) is 24.5 Å². The number of rotatable bonds is 5. The first kappa shape index (κ1) is 14.5. The van der Waals surface area contributed by atoms with Crippen molar-refractivity contribution in [1.29, 1.82) is 0 Å². The fourth-order valence-corrected chi connectivity index (χ4v) is 1.89. The van der Waals surface area contributed by atoms with Crippen LogP contribution in [0.25, 0.3) is 0 Å². The van der Waals surface area contributed by atoms with Crippen molar-refractivity contribution in [1.82, 2.24) is 4.98 Å². The fourth-order valence-electron chi connectivity index (χ4n) is 1.89. The van der Waals surface area contributed by atoms with Crippen molar-refractivity contribution in [2.75, 3.05) is 0 Å². The molecule has 1 heterocycles. The summed E-state index contributed by atoms with van der Waals surface area (Å²) in [7, 11) is 0. The van der Waals surface area contributed by atoms with Gasteiger partial charge in [-0.3, -0.25) is 0 Å². The number of aromatic nitrogens is 1. The van der Waals surface area contributed by atoms with Crippen molar-refractivity contribution in [3.8, 4) is 11.6 Å². The molecule has 1 atom stereocenters. The Bertz CT molecular complexity index is 586. The summed E-state index contributed by atoms with van der Waals surface area (Å²) in [4.78, 5) is 4.24. The van der Waals surface area contributed by atoms with E-state index in [1.54, 1.807) is 25.3 Å². The molecule has 0 saturated heterocycles. The van der Waals surface area contributed by atoms with E-state index in [-0.39, 0.29) is 11.9 Å². The largest absolute Gasteiger partial charge is 0.439 e. The number of nitrogens with zero attached hydrogens (tertiary/aromatic N) is 1. The Morgan fingerprint density at radius 3 is 2.85 bits per heavy atom. The van der Waals surface area contributed by atoms with Gasteiger partial charge in [0.2, 0.25) is 5.88 Å². The van der Waals surface area contributed by atoms with Crippen molar-refractivity contribution in [2.24, 2.45) is 5.73 Å². The number of hydrogen-bond donors (Lipinski definition) is 1. The average Bonchev–Trinajstić information content (AvgIpc) is 2.45. The minimum atomic E-state index is -0.244. The van der Waals surface area contributed by atoms with E-state index >= 15 is 0 Å². The molecule has 0 aliphatic rings. The van der Waals surface area contributed by atoms with E-state index < -0.39 is 0 Å². The van der Waals surface area contributed by atoms with Gasteiger partial charge in [-0.25, -0.2) is 9.37 Å². The first-order valence-corrected chi connectivity index (χ1v) is 6.73. The van der Waals surface area contributed by atoms with Crippen LogP contribution >= 0.6 is 0 Å². The second-order valence-electron chi connectivity index (χ2n) is 4.85. The van der Waals surface area contributed by atoms with Gasteiger partial charge in [0.1, 0.15) is 11.6 Å². The first-order valence-electron chi connectivity index (χ1n) is 6.73. The van der Waals surface area contributed by atoms with Crippen molar-refractivity contribution in [3.63, 3.8) is 0 Å². The minimum Gasteiger partial charge on any atom is -0.439 e. The van der Waals surface area contributed by atoms with E-state index in [0.29, 0.717) is 23.6 Å². The maximum absolute atomic E-state index is 13.2. The number of nitrogens with two attached hydrogens (primary N) is 1. The highest BCUT2D eigenvalue weighted by atomic mass is 19.1. The zero-order chi connectivity index (χ0) is 14.5. The van der Waals surface area contributed by atoms with Gasteiger partial charge in [0.05, 0.1) is 0 Å². The molecular formula is C16H19FN2O. The molecule has 1 aromatic heterocycles. The molecule has 2 aromatic rings. The third-order valence-corrected chi connectivity index (χ3v) is 3.20. The van der Waals surface area contributed by atoms with Gasteiger partial charge in [0.25, 0.3) is 0 Å². The molecule has 2 N–H and O–H groups in total. The van der Waals surface area contributed by atoms with Crippen LogP contribution in [0, 0.1) is 12.7 Å². The van der Waals surface area contributed by atoms with Crippen LogP contribution in [0.4, 0.5) is 4.39 Å². The lowest BCUT2D eigenvalue weighted by molar-refractivity contribution is 0.450. The third-order valence-electron chi connectivity index (χ3n) is 3.20. The smallest absolute Gasteiger partial charge is 0.222 e. The summed E-state index contributed by atoms with van der Waals surface area (Å²) in [5.41, 5.74) is 7.49. The number of aryl methyl sites for hydroxylation is 1. The molecule has 0 spiro atoms. The lowest BCUT2D eigenvalue weighted by atomic mass is 10.1. The Balaban J connectivity index is 2.22. The molecule has 106 valence electrons. The molecule has 0 fully saturated rings. The maximum Gasteiger partial charge on any atom is 0.222 e. The SMILES string of the molecule is CCC(N)Cc1cccnc1Oc1ccc(F)c(C)c1. The molecule has 0 bridgehead atoms. The van der Waals surface area contributed by atoms with Gasteiger partial charge in [-0.15, -0.1) is 0 Å². The standard InChI is InChI=1S/C16H19FN2O/c1-3-13(18)10-12-5-4-8-19-16(12)20-14-6-7-15(17)11(2)9-14/h4-9,13H,3,10,18H2,1-2H3. The zero-order valence-electron chi connectivity index (χ0n) is 11.8. The number of halogens is 1. The van der Waals surface area contributed by atoms with Gasteiger partial charge < -0.3 is 10.5 Å². The van der Waals surface area contributed by atoms with Crippen LogP contribution in [0.2, 0.25) is 0 Å². The number of ether oxygens (including phenoxy) is 1. The molecular weight excluding hydrogens is 255 g/mol. The summed E-state index contributed by atoms with van der Waals surface area (Å²) in [5.74, 6) is 0.864. The van der Waals surface area contributed by atoms with Crippen LogP contribution in [0.5, 0.6) is 11.6 Å². The Morgan fingerprint density at radius 2 is 2.15 bits per heavy atom. The highest BCUT2D eigenvalue weighted by Crippen LogP contribution is 2.25. The van der Waals surface area contributed by atoms with Crippen molar-refractivity contribution < 1.29 is 9.13 Å². The fraction of sp³-hybridized carbons (Fsp3) is 0.312. The second-order valence-corrected chi connectivity index (χ2v) is 4.85. The summed E-state index contributed by atoms with van der Waals surface area (Å²) >= 11 is 0. The summed E-state index contributed by atoms with van der Waals surface area (Å²) in [6.07, 6.45) is 3.27. The summed E-state index contributed by atoms with van der Waals surface area (Å²) < 4.78 is 19.0. The van der Waals surface area contributed by atoms with Crippen LogP contribution in [-0.2, 0) is 6.42 Å². The Hall–Kier alpha value is -1.94. The maximum atomic E-state index is 13.2. The number of benzene rings is 1. The third kappa shape index (κ3) is 3.54. The van der Waals surface area contributed by atoms with Gasteiger partial charge in [-0.1, -0.05) is 13.0 Å². The Labute approximate surface area is 118 Å².